The van der Waals surface area contributed by atoms with E-state index in [4.69, 9.17) is 9.47 Å². The van der Waals surface area contributed by atoms with Gasteiger partial charge in [0, 0.05) is 27.2 Å². The van der Waals surface area contributed by atoms with Crippen molar-refractivity contribution in [2.75, 3.05) is 13.7 Å². The number of aromatic nitrogens is 1. The summed E-state index contributed by atoms with van der Waals surface area (Å²) in [6.45, 7) is 6.98. The lowest BCUT2D eigenvalue weighted by molar-refractivity contribution is 0.0473. The van der Waals surface area contributed by atoms with Crippen LogP contribution in [0, 0.1) is 27.7 Å². The molecule has 144 valence electrons. The average molecular weight is 389 g/mol. The van der Waals surface area contributed by atoms with Crippen molar-refractivity contribution in [3.63, 3.8) is 0 Å². The van der Waals surface area contributed by atoms with E-state index in [9.17, 15) is 14.4 Å². The summed E-state index contributed by atoms with van der Waals surface area (Å²) in [7, 11) is 1.29. The first kappa shape index (κ1) is 19.4. The van der Waals surface area contributed by atoms with Crippen LogP contribution in [-0.2, 0) is 9.47 Å². The number of rotatable bonds is 6. The van der Waals surface area contributed by atoms with Gasteiger partial charge in [-0.2, -0.15) is 0 Å². The van der Waals surface area contributed by atoms with Crippen molar-refractivity contribution >= 4 is 29.1 Å². The SMILES string of the molecule is COC(=O)c1c(C(=O)COC(=O)c2cc(C)sc2C)c(C)n(C2CC2)c1C. The Bertz CT molecular complexity index is 933. The molecule has 0 bridgehead atoms. The predicted molar refractivity (Wildman–Crippen MR) is 102 cm³/mol. The van der Waals surface area contributed by atoms with Gasteiger partial charge in [0.05, 0.1) is 23.8 Å². The Morgan fingerprint density at radius 3 is 2.22 bits per heavy atom. The number of ether oxygens (including phenoxy) is 2. The molecule has 0 amide bonds. The van der Waals surface area contributed by atoms with Crippen LogP contribution in [0.25, 0.3) is 0 Å². The van der Waals surface area contributed by atoms with Crippen LogP contribution < -0.4 is 0 Å². The lowest BCUT2D eigenvalue weighted by Gasteiger charge is -2.07. The fraction of sp³-hybridized carbons (Fsp3) is 0.450. The van der Waals surface area contributed by atoms with Crippen LogP contribution in [0.15, 0.2) is 6.07 Å². The molecule has 1 aliphatic rings. The van der Waals surface area contributed by atoms with Gasteiger partial charge in [-0.3, -0.25) is 4.79 Å². The number of Topliss-reactive ketones (excluding diaryl/α,β-unsaturated/α-hetero) is 1. The van der Waals surface area contributed by atoms with Crippen molar-refractivity contribution < 1.29 is 23.9 Å². The Morgan fingerprint density at radius 2 is 1.70 bits per heavy atom. The molecule has 3 rings (SSSR count). The van der Waals surface area contributed by atoms with Gasteiger partial charge in [-0.25, -0.2) is 9.59 Å². The Morgan fingerprint density at radius 1 is 1.07 bits per heavy atom. The first-order valence-electron chi connectivity index (χ1n) is 8.83. The average Bonchev–Trinajstić information content (AvgIpc) is 3.34. The number of aryl methyl sites for hydroxylation is 2. The summed E-state index contributed by atoms with van der Waals surface area (Å²) in [5.74, 6) is -1.47. The molecule has 0 aromatic carbocycles. The number of thiophene rings is 1. The van der Waals surface area contributed by atoms with Gasteiger partial charge >= 0.3 is 11.9 Å². The largest absolute Gasteiger partial charge is 0.465 e. The van der Waals surface area contributed by atoms with Crippen molar-refractivity contribution in [3.8, 4) is 0 Å². The molecule has 1 fully saturated rings. The first-order chi connectivity index (χ1) is 12.8. The van der Waals surface area contributed by atoms with Crippen molar-refractivity contribution in [3.05, 3.63) is 43.9 Å². The van der Waals surface area contributed by atoms with Crippen LogP contribution in [0.1, 0.15) is 71.1 Å². The van der Waals surface area contributed by atoms with Gasteiger partial charge in [-0.05, 0) is 46.6 Å². The van der Waals surface area contributed by atoms with Crippen LogP contribution in [0.3, 0.4) is 0 Å². The fourth-order valence-electron chi connectivity index (χ4n) is 3.54. The Hall–Kier alpha value is -2.41. The maximum absolute atomic E-state index is 12.8. The lowest BCUT2D eigenvalue weighted by atomic mass is 10.1. The number of esters is 2. The molecule has 0 aliphatic heterocycles. The van der Waals surface area contributed by atoms with E-state index in [1.165, 1.54) is 18.4 Å². The number of methoxy groups -OCH3 is 1. The monoisotopic (exact) mass is 389 g/mol. The highest BCUT2D eigenvalue weighted by atomic mass is 32.1. The summed E-state index contributed by atoms with van der Waals surface area (Å²) in [5.41, 5.74) is 2.48. The predicted octanol–water partition coefficient (Wildman–Crippen LogP) is 3.94. The van der Waals surface area contributed by atoms with Crippen LogP contribution >= 0.6 is 11.3 Å². The molecule has 2 aromatic rings. The smallest absolute Gasteiger partial charge is 0.340 e. The number of hydrogen-bond donors (Lipinski definition) is 0. The summed E-state index contributed by atoms with van der Waals surface area (Å²) >= 11 is 1.51. The molecule has 2 aromatic heterocycles. The highest BCUT2D eigenvalue weighted by Gasteiger charge is 2.34. The Labute approximate surface area is 162 Å². The zero-order chi connectivity index (χ0) is 19.9. The maximum Gasteiger partial charge on any atom is 0.340 e. The summed E-state index contributed by atoms with van der Waals surface area (Å²) < 4.78 is 12.1. The highest BCUT2D eigenvalue weighted by molar-refractivity contribution is 7.12. The minimum Gasteiger partial charge on any atom is -0.465 e. The normalized spacial score (nSPS) is 13.5. The molecular formula is C20H23NO5S. The summed E-state index contributed by atoms with van der Waals surface area (Å²) in [6, 6.07) is 2.07. The van der Waals surface area contributed by atoms with Gasteiger partial charge < -0.3 is 14.0 Å². The molecule has 1 aliphatic carbocycles. The second-order valence-electron chi connectivity index (χ2n) is 6.84. The Kier molecular flexibility index (Phi) is 5.24. The standard InChI is InChI=1S/C20H23NO5S/c1-10-8-15(13(4)27-10)19(23)26-9-16(22)17-11(2)21(14-6-7-14)12(3)18(17)20(24)25-5/h8,14H,6-7,9H2,1-5H3. The van der Waals surface area contributed by atoms with Gasteiger partial charge in [0.2, 0.25) is 5.78 Å². The van der Waals surface area contributed by atoms with E-state index in [0.717, 1.165) is 34.0 Å². The third kappa shape index (κ3) is 3.56. The number of hydrogen-bond acceptors (Lipinski definition) is 6. The van der Waals surface area contributed by atoms with E-state index in [-0.39, 0.29) is 11.1 Å². The fourth-order valence-corrected chi connectivity index (χ4v) is 4.45. The quantitative estimate of drug-likeness (QED) is 0.552. The third-order valence-electron chi connectivity index (χ3n) is 4.87. The van der Waals surface area contributed by atoms with Crippen molar-refractivity contribution in [2.45, 2.75) is 46.6 Å². The molecule has 6 nitrogen and oxygen atoms in total. The van der Waals surface area contributed by atoms with Crippen LogP contribution in [0.4, 0.5) is 0 Å². The summed E-state index contributed by atoms with van der Waals surface area (Å²) in [6.07, 6.45) is 2.05. The highest BCUT2D eigenvalue weighted by Crippen LogP contribution is 2.40. The van der Waals surface area contributed by atoms with Crippen LogP contribution in [0.2, 0.25) is 0 Å². The minimum atomic E-state index is -0.547. The molecule has 0 saturated heterocycles. The molecule has 0 spiro atoms. The van der Waals surface area contributed by atoms with Gasteiger partial charge in [-0.1, -0.05) is 0 Å². The number of carbonyl (C=O) groups excluding carboxylic acids is 3. The summed E-state index contributed by atoms with van der Waals surface area (Å²) in [4.78, 5) is 39.3. The molecule has 2 heterocycles. The molecule has 1 saturated carbocycles. The molecule has 0 N–H and O–H groups in total. The van der Waals surface area contributed by atoms with Gasteiger partial charge in [0.1, 0.15) is 0 Å². The molecule has 7 heteroatoms. The van der Waals surface area contributed by atoms with E-state index in [1.807, 2.05) is 32.3 Å². The van der Waals surface area contributed by atoms with Crippen LogP contribution in [-0.4, -0.2) is 36.0 Å². The van der Waals surface area contributed by atoms with Gasteiger partial charge in [0.15, 0.2) is 6.61 Å². The van der Waals surface area contributed by atoms with E-state index in [1.54, 1.807) is 6.07 Å². The first-order valence-corrected chi connectivity index (χ1v) is 9.65. The van der Waals surface area contributed by atoms with E-state index >= 15 is 0 Å². The topological polar surface area (TPSA) is 74.6 Å². The maximum atomic E-state index is 12.8. The van der Waals surface area contributed by atoms with Crippen LogP contribution in [0.5, 0.6) is 0 Å². The zero-order valence-electron chi connectivity index (χ0n) is 16.2. The van der Waals surface area contributed by atoms with Crippen molar-refractivity contribution in [2.24, 2.45) is 0 Å². The molecule has 0 radical (unpaired) electrons. The minimum absolute atomic E-state index is 0.269. The van der Waals surface area contributed by atoms with Gasteiger partial charge in [0.25, 0.3) is 0 Å². The van der Waals surface area contributed by atoms with Gasteiger partial charge in [-0.15, -0.1) is 11.3 Å². The second-order valence-corrected chi connectivity index (χ2v) is 8.30. The Balaban J connectivity index is 1.86. The second kappa shape index (κ2) is 7.31. The molecule has 0 unspecified atom stereocenters. The zero-order valence-corrected chi connectivity index (χ0v) is 17.0. The number of carbonyl (C=O) groups is 3. The van der Waals surface area contributed by atoms with E-state index < -0.39 is 24.3 Å². The van der Waals surface area contributed by atoms with Crippen molar-refractivity contribution in [1.82, 2.24) is 4.57 Å². The number of nitrogens with zero attached hydrogens (tertiary/aromatic N) is 1. The molecule has 27 heavy (non-hydrogen) atoms. The summed E-state index contributed by atoms with van der Waals surface area (Å²) in [5, 5.41) is 0. The van der Waals surface area contributed by atoms with E-state index in [2.05, 4.69) is 0 Å². The lowest BCUT2D eigenvalue weighted by Crippen LogP contribution is -2.18. The molecule has 0 atom stereocenters. The van der Waals surface area contributed by atoms with Crippen molar-refractivity contribution in [1.29, 1.82) is 0 Å². The molecular weight excluding hydrogens is 366 g/mol. The third-order valence-corrected chi connectivity index (χ3v) is 5.84. The van der Waals surface area contributed by atoms with E-state index in [0.29, 0.717) is 11.6 Å². The number of ketones is 1.